The van der Waals surface area contributed by atoms with Crippen molar-refractivity contribution in [2.45, 2.75) is 11.3 Å². The van der Waals surface area contributed by atoms with Crippen LogP contribution in [0.5, 0.6) is 5.75 Å². The summed E-state index contributed by atoms with van der Waals surface area (Å²) in [5.74, 6) is 0.581. The number of nitrogens with two attached hydrogens (primary N) is 1. The maximum atomic E-state index is 11.5. The fourth-order valence-electron chi connectivity index (χ4n) is 1.73. The number of benzene rings is 1. The Hall–Kier alpha value is -1.92. The summed E-state index contributed by atoms with van der Waals surface area (Å²) >= 11 is 0. The Labute approximate surface area is 111 Å². The Morgan fingerprint density at radius 2 is 2.16 bits per heavy atom. The molecule has 0 saturated heterocycles. The van der Waals surface area contributed by atoms with Crippen molar-refractivity contribution in [2.75, 3.05) is 6.61 Å². The summed E-state index contributed by atoms with van der Waals surface area (Å²) in [5.41, 5.74) is 0.320. The Balaban J connectivity index is 2.55. The Morgan fingerprint density at radius 3 is 2.84 bits per heavy atom. The van der Waals surface area contributed by atoms with Crippen LogP contribution in [0.25, 0.3) is 10.9 Å². The van der Waals surface area contributed by atoms with Crippen molar-refractivity contribution in [3.8, 4) is 5.75 Å². The number of fused-ring (bicyclic) bond motifs is 1. The van der Waals surface area contributed by atoms with Gasteiger partial charge in [-0.05, 0) is 30.7 Å². The highest BCUT2D eigenvalue weighted by atomic mass is 32.2. The third-order valence-corrected chi connectivity index (χ3v) is 3.52. The maximum absolute atomic E-state index is 11.5. The highest BCUT2D eigenvalue weighted by Crippen LogP contribution is 2.28. The first kappa shape index (κ1) is 13.5. The van der Waals surface area contributed by atoms with E-state index in [2.05, 4.69) is 11.6 Å². The van der Waals surface area contributed by atoms with E-state index < -0.39 is 10.0 Å². The van der Waals surface area contributed by atoms with E-state index in [1.54, 1.807) is 24.3 Å². The van der Waals surface area contributed by atoms with Crippen molar-refractivity contribution in [1.82, 2.24) is 4.98 Å². The van der Waals surface area contributed by atoms with Gasteiger partial charge in [0.05, 0.1) is 12.1 Å². The molecule has 0 atom stereocenters. The average Bonchev–Trinajstić information content (AvgIpc) is 2.37. The van der Waals surface area contributed by atoms with Gasteiger partial charge in [0.2, 0.25) is 10.0 Å². The zero-order chi connectivity index (χ0) is 13.9. The van der Waals surface area contributed by atoms with Crippen LogP contribution in [-0.2, 0) is 10.0 Å². The van der Waals surface area contributed by atoms with E-state index in [9.17, 15) is 8.42 Å². The molecule has 2 aromatic rings. The first-order valence-corrected chi connectivity index (χ1v) is 7.23. The van der Waals surface area contributed by atoms with Gasteiger partial charge in [0, 0.05) is 11.6 Å². The molecular formula is C13H14N2O3S. The fourth-order valence-corrected chi connectivity index (χ4v) is 2.42. The molecular weight excluding hydrogens is 264 g/mol. The molecule has 0 bridgehead atoms. The Morgan fingerprint density at radius 1 is 1.37 bits per heavy atom. The van der Waals surface area contributed by atoms with Crippen molar-refractivity contribution in [3.05, 3.63) is 43.1 Å². The van der Waals surface area contributed by atoms with Crippen molar-refractivity contribution in [1.29, 1.82) is 0 Å². The highest BCUT2D eigenvalue weighted by molar-refractivity contribution is 7.89. The van der Waals surface area contributed by atoms with Gasteiger partial charge < -0.3 is 4.74 Å². The van der Waals surface area contributed by atoms with Gasteiger partial charge in [0.1, 0.15) is 10.6 Å². The van der Waals surface area contributed by atoms with Crippen LogP contribution < -0.4 is 9.88 Å². The molecule has 0 spiro atoms. The van der Waals surface area contributed by atoms with E-state index in [1.165, 1.54) is 12.3 Å². The van der Waals surface area contributed by atoms with E-state index in [-0.39, 0.29) is 4.90 Å². The zero-order valence-corrected chi connectivity index (χ0v) is 11.1. The van der Waals surface area contributed by atoms with E-state index in [0.29, 0.717) is 29.7 Å². The predicted octanol–water partition coefficient (Wildman–Crippen LogP) is 1.84. The smallest absolute Gasteiger partial charge is 0.240 e. The topological polar surface area (TPSA) is 82.3 Å². The van der Waals surface area contributed by atoms with Gasteiger partial charge >= 0.3 is 0 Å². The van der Waals surface area contributed by atoms with E-state index in [4.69, 9.17) is 9.88 Å². The number of ether oxygens (including phenoxy) is 1. The molecule has 100 valence electrons. The van der Waals surface area contributed by atoms with Crippen LogP contribution >= 0.6 is 0 Å². The summed E-state index contributed by atoms with van der Waals surface area (Å²) < 4.78 is 28.6. The summed E-state index contributed by atoms with van der Waals surface area (Å²) in [7, 11) is -3.81. The van der Waals surface area contributed by atoms with Crippen LogP contribution in [0.1, 0.15) is 6.42 Å². The van der Waals surface area contributed by atoms with Gasteiger partial charge in [-0.25, -0.2) is 13.6 Å². The minimum absolute atomic E-state index is 0.000768. The minimum Gasteiger partial charge on any atom is -0.493 e. The van der Waals surface area contributed by atoms with Crippen LogP contribution in [0.15, 0.2) is 48.0 Å². The first-order valence-electron chi connectivity index (χ1n) is 5.68. The summed E-state index contributed by atoms with van der Waals surface area (Å²) in [5, 5.41) is 5.80. The fraction of sp³-hybridized carbons (Fsp3) is 0.154. The SMILES string of the molecule is C=CCCOc1ccc(S(N)(=O)=O)c2ncccc12. The van der Waals surface area contributed by atoms with Gasteiger partial charge in [-0.3, -0.25) is 4.98 Å². The van der Waals surface area contributed by atoms with Gasteiger partial charge in [-0.15, -0.1) is 6.58 Å². The molecule has 0 amide bonds. The van der Waals surface area contributed by atoms with Gasteiger partial charge in [0.15, 0.2) is 0 Å². The number of primary sulfonamides is 1. The summed E-state index contributed by atoms with van der Waals surface area (Å²) in [4.78, 5) is 4.08. The first-order chi connectivity index (χ1) is 9.04. The Bertz CT molecular complexity index is 711. The predicted molar refractivity (Wildman–Crippen MR) is 73.4 cm³/mol. The third-order valence-electron chi connectivity index (χ3n) is 2.58. The summed E-state index contributed by atoms with van der Waals surface area (Å²) in [6, 6.07) is 6.47. The normalized spacial score (nSPS) is 11.4. The second-order valence-electron chi connectivity index (χ2n) is 3.93. The molecule has 5 nitrogen and oxygen atoms in total. The second kappa shape index (κ2) is 5.38. The molecule has 0 aliphatic heterocycles. The standard InChI is InChI=1S/C13H14N2O3S/c1-2-3-9-18-11-6-7-12(19(14,16)17)13-10(11)5-4-8-15-13/h2,4-8H,1,3,9H2,(H2,14,16,17). The molecule has 0 saturated carbocycles. The minimum atomic E-state index is -3.81. The molecule has 6 heteroatoms. The van der Waals surface area contributed by atoms with E-state index in [1.807, 2.05) is 0 Å². The van der Waals surface area contributed by atoms with Crippen molar-refractivity contribution >= 4 is 20.9 Å². The molecule has 1 aromatic carbocycles. The summed E-state index contributed by atoms with van der Waals surface area (Å²) in [6.45, 7) is 4.09. The number of pyridine rings is 1. The maximum Gasteiger partial charge on any atom is 0.240 e. The van der Waals surface area contributed by atoms with E-state index >= 15 is 0 Å². The Kier molecular flexibility index (Phi) is 3.82. The molecule has 0 aliphatic rings. The van der Waals surface area contributed by atoms with E-state index in [0.717, 1.165) is 0 Å². The third kappa shape index (κ3) is 2.91. The van der Waals surface area contributed by atoms with Crippen LogP contribution in [0.4, 0.5) is 0 Å². The molecule has 2 rings (SSSR count). The lowest BCUT2D eigenvalue weighted by Gasteiger charge is -2.10. The monoisotopic (exact) mass is 278 g/mol. The van der Waals surface area contributed by atoms with Crippen molar-refractivity contribution in [3.63, 3.8) is 0 Å². The molecule has 1 aromatic heterocycles. The lowest BCUT2D eigenvalue weighted by molar-refractivity contribution is 0.328. The number of rotatable bonds is 5. The number of sulfonamides is 1. The molecule has 0 unspecified atom stereocenters. The van der Waals surface area contributed by atoms with Crippen LogP contribution in [0.3, 0.4) is 0 Å². The lowest BCUT2D eigenvalue weighted by atomic mass is 10.2. The molecule has 2 N–H and O–H groups in total. The quantitative estimate of drug-likeness (QED) is 0.668. The van der Waals surface area contributed by atoms with Gasteiger partial charge in [-0.2, -0.15) is 0 Å². The van der Waals surface area contributed by atoms with Crippen LogP contribution in [0.2, 0.25) is 0 Å². The largest absolute Gasteiger partial charge is 0.493 e. The lowest BCUT2D eigenvalue weighted by Crippen LogP contribution is -2.13. The number of nitrogens with zero attached hydrogens (tertiary/aromatic N) is 1. The van der Waals surface area contributed by atoms with Gasteiger partial charge in [0.25, 0.3) is 0 Å². The van der Waals surface area contributed by atoms with Gasteiger partial charge in [-0.1, -0.05) is 6.08 Å². The molecule has 19 heavy (non-hydrogen) atoms. The van der Waals surface area contributed by atoms with Crippen molar-refractivity contribution < 1.29 is 13.2 Å². The van der Waals surface area contributed by atoms with Crippen LogP contribution in [0, 0.1) is 0 Å². The highest BCUT2D eigenvalue weighted by Gasteiger charge is 2.15. The van der Waals surface area contributed by atoms with Crippen molar-refractivity contribution in [2.24, 2.45) is 5.14 Å². The average molecular weight is 278 g/mol. The van der Waals surface area contributed by atoms with Crippen LogP contribution in [-0.4, -0.2) is 20.0 Å². The molecule has 0 radical (unpaired) electrons. The molecule has 0 aliphatic carbocycles. The number of hydrogen-bond donors (Lipinski definition) is 1. The number of aromatic nitrogens is 1. The molecule has 1 heterocycles. The zero-order valence-electron chi connectivity index (χ0n) is 10.2. The molecule has 0 fully saturated rings. The number of hydrogen-bond acceptors (Lipinski definition) is 4. The second-order valence-corrected chi connectivity index (χ2v) is 5.46. The summed E-state index contributed by atoms with van der Waals surface area (Å²) in [6.07, 6.45) is 3.97.